The van der Waals surface area contributed by atoms with Crippen molar-refractivity contribution in [3.63, 3.8) is 0 Å². The smallest absolute Gasteiger partial charge is 0.0242 e. The summed E-state index contributed by atoms with van der Waals surface area (Å²) in [6.45, 7) is 2.60. The Labute approximate surface area is 75.5 Å². The molecule has 1 heterocycles. The van der Waals surface area contributed by atoms with Crippen LogP contribution in [0, 0.1) is 0 Å². The van der Waals surface area contributed by atoms with Crippen molar-refractivity contribution in [2.24, 2.45) is 0 Å². The van der Waals surface area contributed by atoms with E-state index >= 15 is 0 Å². The molecule has 0 N–H and O–H groups in total. The van der Waals surface area contributed by atoms with Crippen LogP contribution in [-0.2, 0) is 0 Å². The van der Waals surface area contributed by atoms with Crippen molar-refractivity contribution >= 4 is 0 Å². The van der Waals surface area contributed by atoms with Gasteiger partial charge in [0.05, 0.1) is 0 Å². The van der Waals surface area contributed by atoms with Crippen LogP contribution >= 0.6 is 0 Å². The van der Waals surface area contributed by atoms with Gasteiger partial charge in [-0.2, -0.15) is 0 Å². The Kier molecular flexibility index (Phi) is 2.66. The summed E-state index contributed by atoms with van der Waals surface area (Å²) in [6.07, 6.45) is 8.54. The standard InChI is InChI=1S/C10H20N2/c1-11(10-6-2-3-7-10)12-8-4-5-9-12/h10H,2-9H2,1H3. The van der Waals surface area contributed by atoms with E-state index in [1.807, 2.05) is 0 Å². The number of hydrazine groups is 1. The summed E-state index contributed by atoms with van der Waals surface area (Å²) in [5.74, 6) is 0. The monoisotopic (exact) mass is 168 g/mol. The van der Waals surface area contributed by atoms with Gasteiger partial charge in [0, 0.05) is 26.2 Å². The van der Waals surface area contributed by atoms with Crippen molar-refractivity contribution in [1.82, 2.24) is 10.0 Å². The lowest BCUT2D eigenvalue weighted by atomic mass is 10.2. The zero-order valence-electron chi connectivity index (χ0n) is 8.13. The van der Waals surface area contributed by atoms with Crippen molar-refractivity contribution < 1.29 is 0 Å². The number of hydrogen-bond donors (Lipinski definition) is 0. The fraction of sp³-hybridized carbons (Fsp3) is 1.00. The molecule has 0 spiro atoms. The highest BCUT2D eigenvalue weighted by atomic mass is 15.6. The Morgan fingerprint density at radius 1 is 1.00 bits per heavy atom. The summed E-state index contributed by atoms with van der Waals surface area (Å²) in [5.41, 5.74) is 0. The molecule has 2 heteroatoms. The highest BCUT2D eigenvalue weighted by Gasteiger charge is 2.25. The van der Waals surface area contributed by atoms with Crippen LogP contribution in [0.4, 0.5) is 0 Å². The Balaban J connectivity index is 1.84. The van der Waals surface area contributed by atoms with Crippen molar-refractivity contribution in [2.75, 3.05) is 20.1 Å². The van der Waals surface area contributed by atoms with Crippen LogP contribution in [0.5, 0.6) is 0 Å². The Bertz CT molecular complexity index is 119. The molecule has 0 aromatic carbocycles. The highest BCUT2D eigenvalue weighted by Crippen LogP contribution is 2.24. The van der Waals surface area contributed by atoms with E-state index < -0.39 is 0 Å². The first-order valence-electron chi connectivity index (χ1n) is 5.35. The molecule has 1 saturated carbocycles. The molecule has 2 nitrogen and oxygen atoms in total. The van der Waals surface area contributed by atoms with Gasteiger partial charge in [0.15, 0.2) is 0 Å². The van der Waals surface area contributed by atoms with Gasteiger partial charge in [-0.05, 0) is 25.7 Å². The molecule has 0 aromatic heterocycles. The second-order valence-electron chi connectivity index (χ2n) is 4.17. The molecule has 1 aliphatic carbocycles. The predicted molar refractivity (Wildman–Crippen MR) is 50.8 cm³/mol. The molecular weight excluding hydrogens is 148 g/mol. The minimum absolute atomic E-state index is 0.864. The van der Waals surface area contributed by atoms with Crippen LogP contribution in [0.1, 0.15) is 38.5 Å². The maximum absolute atomic E-state index is 2.54. The average Bonchev–Trinajstić information content (AvgIpc) is 2.77. The third-order valence-electron chi connectivity index (χ3n) is 3.38. The molecule has 2 fully saturated rings. The average molecular weight is 168 g/mol. The maximum Gasteiger partial charge on any atom is 0.0242 e. The molecule has 1 saturated heterocycles. The molecule has 0 unspecified atom stereocenters. The van der Waals surface area contributed by atoms with Crippen LogP contribution in [-0.4, -0.2) is 36.2 Å². The third-order valence-corrected chi connectivity index (χ3v) is 3.38. The van der Waals surface area contributed by atoms with Gasteiger partial charge >= 0.3 is 0 Å². The van der Waals surface area contributed by atoms with Gasteiger partial charge < -0.3 is 0 Å². The Morgan fingerprint density at radius 2 is 1.58 bits per heavy atom. The Hall–Kier alpha value is -0.0800. The molecule has 12 heavy (non-hydrogen) atoms. The summed E-state index contributed by atoms with van der Waals surface area (Å²) < 4.78 is 0. The SMILES string of the molecule is CN(C1CCCC1)N1CCCC1. The molecule has 0 amide bonds. The molecule has 0 bridgehead atoms. The molecule has 0 atom stereocenters. The molecule has 2 aliphatic rings. The second kappa shape index (κ2) is 3.75. The van der Waals surface area contributed by atoms with E-state index in [2.05, 4.69) is 17.1 Å². The summed E-state index contributed by atoms with van der Waals surface area (Å²) in [4.78, 5) is 0. The van der Waals surface area contributed by atoms with Gasteiger partial charge in [0.25, 0.3) is 0 Å². The zero-order valence-corrected chi connectivity index (χ0v) is 8.13. The normalized spacial score (nSPS) is 27.5. The van der Waals surface area contributed by atoms with Gasteiger partial charge in [-0.15, -0.1) is 0 Å². The lowest BCUT2D eigenvalue weighted by molar-refractivity contribution is -0.0143. The summed E-state index contributed by atoms with van der Waals surface area (Å²) in [6, 6.07) is 0.864. The van der Waals surface area contributed by atoms with Crippen molar-refractivity contribution in [3.05, 3.63) is 0 Å². The van der Waals surface area contributed by atoms with Crippen LogP contribution in [0.25, 0.3) is 0 Å². The molecule has 2 rings (SSSR count). The van der Waals surface area contributed by atoms with E-state index in [1.54, 1.807) is 0 Å². The van der Waals surface area contributed by atoms with E-state index in [-0.39, 0.29) is 0 Å². The lowest BCUT2D eigenvalue weighted by Crippen LogP contribution is -2.43. The first-order valence-corrected chi connectivity index (χ1v) is 5.35. The second-order valence-corrected chi connectivity index (χ2v) is 4.17. The van der Waals surface area contributed by atoms with Gasteiger partial charge in [-0.1, -0.05) is 12.8 Å². The molecule has 70 valence electrons. The van der Waals surface area contributed by atoms with Crippen molar-refractivity contribution in [3.8, 4) is 0 Å². The fourth-order valence-corrected chi connectivity index (χ4v) is 2.52. The lowest BCUT2D eigenvalue weighted by Gasteiger charge is -2.32. The first-order chi connectivity index (χ1) is 5.88. The summed E-state index contributed by atoms with van der Waals surface area (Å²) >= 11 is 0. The molecule has 0 aromatic rings. The molecular formula is C10H20N2. The van der Waals surface area contributed by atoms with E-state index in [1.165, 1.54) is 51.6 Å². The van der Waals surface area contributed by atoms with Gasteiger partial charge in [0.2, 0.25) is 0 Å². The van der Waals surface area contributed by atoms with Gasteiger partial charge in [-0.3, -0.25) is 0 Å². The van der Waals surface area contributed by atoms with Crippen molar-refractivity contribution in [1.29, 1.82) is 0 Å². The number of nitrogens with zero attached hydrogens (tertiary/aromatic N) is 2. The quantitative estimate of drug-likeness (QED) is 0.621. The first kappa shape index (κ1) is 8.52. The van der Waals surface area contributed by atoms with Gasteiger partial charge in [0.1, 0.15) is 0 Å². The minimum Gasteiger partial charge on any atom is -0.242 e. The van der Waals surface area contributed by atoms with E-state index in [0.29, 0.717) is 0 Å². The fourth-order valence-electron chi connectivity index (χ4n) is 2.52. The number of hydrogen-bond acceptors (Lipinski definition) is 2. The summed E-state index contributed by atoms with van der Waals surface area (Å²) in [5, 5.41) is 5.05. The van der Waals surface area contributed by atoms with E-state index in [0.717, 1.165) is 6.04 Å². The van der Waals surface area contributed by atoms with Crippen LogP contribution < -0.4 is 0 Å². The minimum atomic E-state index is 0.864. The highest BCUT2D eigenvalue weighted by molar-refractivity contribution is 4.75. The topological polar surface area (TPSA) is 6.48 Å². The summed E-state index contributed by atoms with van der Waals surface area (Å²) in [7, 11) is 2.28. The molecule has 0 radical (unpaired) electrons. The third kappa shape index (κ3) is 1.64. The maximum atomic E-state index is 2.54. The van der Waals surface area contributed by atoms with Gasteiger partial charge in [-0.25, -0.2) is 10.0 Å². The van der Waals surface area contributed by atoms with Crippen molar-refractivity contribution in [2.45, 2.75) is 44.6 Å². The molecule has 1 aliphatic heterocycles. The van der Waals surface area contributed by atoms with Crippen LogP contribution in [0.3, 0.4) is 0 Å². The van der Waals surface area contributed by atoms with E-state index in [9.17, 15) is 0 Å². The Morgan fingerprint density at radius 3 is 2.17 bits per heavy atom. The van der Waals surface area contributed by atoms with E-state index in [4.69, 9.17) is 0 Å². The predicted octanol–water partition coefficient (Wildman–Crippen LogP) is 1.87. The number of rotatable bonds is 2. The van der Waals surface area contributed by atoms with Crippen LogP contribution in [0.2, 0.25) is 0 Å². The zero-order chi connectivity index (χ0) is 8.39. The largest absolute Gasteiger partial charge is 0.242 e. The van der Waals surface area contributed by atoms with Crippen LogP contribution in [0.15, 0.2) is 0 Å².